The summed E-state index contributed by atoms with van der Waals surface area (Å²) >= 11 is 0. The zero-order chi connectivity index (χ0) is 16.9. The van der Waals surface area contributed by atoms with Gasteiger partial charge in [0, 0.05) is 0 Å². The SMILES string of the molecule is c1ccc([Si]c2ccccc2)cc1.c1ccc2c(c1)-c1ccccc1-2. The van der Waals surface area contributed by atoms with Crippen LogP contribution in [0.4, 0.5) is 0 Å². The van der Waals surface area contributed by atoms with Crippen molar-refractivity contribution in [2.75, 3.05) is 0 Å². The normalized spacial score (nSPS) is 10.6. The first-order valence-corrected chi connectivity index (χ1v) is 9.48. The molecule has 0 N–H and O–H groups in total. The van der Waals surface area contributed by atoms with Crippen molar-refractivity contribution in [2.24, 2.45) is 0 Å². The molecule has 0 fully saturated rings. The molecule has 0 saturated carbocycles. The van der Waals surface area contributed by atoms with Gasteiger partial charge in [-0.25, -0.2) is 0 Å². The minimum Gasteiger partial charge on any atom is -0.0631 e. The molecule has 0 saturated heterocycles. The Morgan fingerprint density at radius 3 is 0.920 bits per heavy atom. The summed E-state index contributed by atoms with van der Waals surface area (Å²) in [6, 6.07) is 38.2. The molecule has 118 valence electrons. The third-order valence-corrected chi connectivity index (χ3v) is 5.51. The Balaban J connectivity index is 0.000000126. The summed E-state index contributed by atoms with van der Waals surface area (Å²) in [5.41, 5.74) is 5.59. The van der Waals surface area contributed by atoms with E-state index >= 15 is 0 Å². The van der Waals surface area contributed by atoms with Gasteiger partial charge in [-0.3, -0.25) is 0 Å². The number of rotatable bonds is 2. The molecule has 0 heterocycles. The molecule has 0 unspecified atom stereocenters. The van der Waals surface area contributed by atoms with Gasteiger partial charge in [-0.05, 0) is 22.3 Å². The van der Waals surface area contributed by atoms with Crippen LogP contribution in [-0.2, 0) is 0 Å². The van der Waals surface area contributed by atoms with E-state index in [1.807, 2.05) is 0 Å². The zero-order valence-corrected chi connectivity index (χ0v) is 14.9. The topological polar surface area (TPSA) is 0 Å². The van der Waals surface area contributed by atoms with E-state index in [4.69, 9.17) is 0 Å². The predicted molar refractivity (Wildman–Crippen MR) is 109 cm³/mol. The van der Waals surface area contributed by atoms with Crippen molar-refractivity contribution < 1.29 is 0 Å². The monoisotopic (exact) mass is 334 g/mol. The molecule has 1 heteroatoms. The predicted octanol–water partition coefficient (Wildman–Crippen LogP) is 4.68. The van der Waals surface area contributed by atoms with Crippen LogP contribution in [0.1, 0.15) is 0 Å². The van der Waals surface area contributed by atoms with Gasteiger partial charge in [-0.15, -0.1) is 0 Å². The van der Waals surface area contributed by atoms with Crippen LogP contribution in [-0.4, -0.2) is 9.52 Å². The molecule has 0 bridgehead atoms. The quantitative estimate of drug-likeness (QED) is 0.411. The summed E-state index contributed by atoms with van der Waals surface area (Å²) in [6.07, 6.45) is 0. The van der Waals surface area contributed by atoms with Crippen LogP contribution in [0.3, 0.4) is 0 Å². The summed E-state index contributed by atoms with van der Waals surface area (Å²) in [5.74, 6) is 0. The van der Waals surface area contributed by atoms with Gasteiger partial charge in [0.05, 0.1) is 0 Å². The van der Waals surface area contributed by atoms with Crippen molar-refractivity contribution in [1.82, 2.24) is 0 Å². The Morgan fingerprint density at radius 2 is 0.600 bits per heavy atom. The van der Waals surface area contributed by atoms with Crippen LogP contribution >= 0.6 is 0 Å². The Bertz CT molecular complexity index is 822. The second kappa shape index (κ2) is 7.33. The summed E-state index contributed by atoms with van der Waals surface area (Å²) in [6.45, 7) is 0. The molecule has 2 radical (unpaired) electrons. The molecule has 4 aromatic carbocycles. The van der Waals surface area contributed by atoms with E-state index < -0.39 is 0 Å². The van der Waals surface area contributed by atoms with Crippen molar-refractivity contribution in [1.29, 1.82) is 0 Å². The average molecular weight is 334 g/mol. The van der Waals surface area contributed by atoms with Gasteiger partial charge >= 0.3 is 0 Å². The summed E-state index contributed by atoms with van der Waals surface area (Å²) in [4.78, 5) is 0. The number of hydrogen-bond donors (Lipinski definition) is 0. The lowest BCUT2D eigenvalue weighted by molar-refractivity contribution is 1.52. The molecule has 0 amide bonds. The third-order valence-electron chi connectivity index (χ3n) is 4.27. The van der Waals surface area contributed by atoms with Gasteiger partial charge in [-0.2, -0.15) is 0 Å². The largest absolute Gasteiger partial charge is 0.121 e. The highest BCUT2D eigenvalue weighted by molar-refractivity contribution is 6.67. The molecule has 4 aromatic rings. The lowest BCUT2D eigenvalue weighted by atomic mass is 9.81. The van der Waals surface area contributed by atoms with Crippen LogP contribution in [0.25, 0.3) is 22.3 Å². The third kappa shape index (κ3) is 3.47. The summed E-state index contributed by atoms with van der Waals surface area (Å²) in [7, 11) is 0.777. The van der Waals surface area contributed by atoms with Gasteiger partial charge in [-0.1, -0.05) is 120 Å². The van der Waals surface area contributed by atoms with Crippen LogP contribution in [0.5, 0.6) is 0 Å². The lowest BCUT2D eigenvalue weighted by Crippen LogP contribution is -2.26. The highest BCUT2D eigenvalue weighted by Crippen LogP contribution is 2.46. The molecule has 0 spiro atoms. The first kappa shape index (κ1) is 15.6. The van der Waals surface area contributed by atoms with Gasteiger partial charge in [0.25, 0.3) is 0 Å². The van der Waals surface area contributed by atoms with Crippen LogP contribution in [0, 0.1) is 0 Å². The summed E-state index contributed by atoms with van der Waals surface area (Å²) < 4.78 is 0. The van der Waals surface area contributed by atoms with E-state index in [9.17, 15) is 0 Å². The van der Waals surface area contributed by atoms with Crippen molar-refractivity contribution >= 4 is 19.9 Å². The van der Waals surface area contributed by atoms with Crippen LogP contribution < -0.4 is 10.4 Å². The molecular weight excluding hydrogens is 316 g/mol. The maximum atomic E-state index is 2.18. The Hall–Kier alpha value is -2.90. The first-order chi connectivity index (χ1) is 12.4. The highest BCUT2D eigenvalue weighted by atomic mass is 28.2. The molecule has 0 atom stereocenters. The summed E-state index contributed by atoms with van der Waals surface area (Å²) in [5, 5.41) is 2.79. The molecule has 25 heavy (non-hydrogen) atoms. The standard InChI is InChI=1S/C12H10Si.C12H8/c1-3-7-11(8-4-1)13-12-9-5-2-6-10-12;1-2-6-10-9(5-1)11-7-3-4-8-12(10)11/h1-10H;1-8H. The molecular formula is C24H18Si. The molecule has 0 aliphatic heterocycles. The van der Waals surface area contributed by atoms with Crippen LogP contribution in [0.15, 0.2) is 109 Å². The van der Waals surface area contributed by atoms with E-state index in [0.29, 0.717) is 0 Å². The second-order valence-electron chi connectivity index (χ2n) is 5.95. The smallest absolute Gasteiger partial charge is 0.0631 e. The molecule has 5 rings (SSSR count). The maximum absolute atomic E-state index is 2.18. The number of hydrogen-bond acceptors (Lipinski definition) is 0. The van der Waals surface area contributed by atoms with E-state index in [-0.39, 0.29) is 0 Å². The van der Waals surface area contributed by atoms with Gasteiger partial charge in [0.15, 0.2) is 0 Å². The van der Waals surface area contributed by atoms with Crippen molar-refractivity contribution in [3.8, 4) is 22.3 Å². The van der Waals surface area contributed by atoms with Gasteiger partial charge in [0.2, 0.25) is 0 Å². The highest BCUT2D eigenvalue weighted by Gasteiger charge is 2.19. The molecule has 0 aromatic heterocycles. The fourth-order valence-corrected chi connectivity index (χ4v) is 4.10. The van der Waals surface area contributed by atoms with E-state index in [1.54, 1.807) is 0 Å². The number of fused-ring (bicyclic) bond motifs is 4. The maximum Gasteiger partial charge on any atom is 0.121 e. The molecule has 1 aliphatic carbocycles. The van der Waals surface area contributed by atoms with Gasteiger partial charge < -0.3 is 0 Å². The lowest BCUT2D eigenvalue weighted by Gasteiger charge is -2.22. The second-order valence-corrected chi connectivity index (χ2v) is 7.35. The average Bonchev–Trinajstić information content (AvgIpc) is 2.68. The molecule has 1 aliphatic rings. The molecule has 0 nitrogen and oxygen atoms in total. The minimum atomic E-state index is 0.777. The van der Waals surface area contributed by atoms with Crippen molar-refractivity contribution in [2.45, 2.75) is 0 Å². The Kier molecular flexibility index (Phi) is 4.58. The van der Waals surface area contributed by atoms with Crippen molar-refractivity contribution in [3.63, 3.8) is 0 Å². The zero-order valence-electron chi connectivity index (χ0n) is 13.9. The number of benzene rings is 4. The fourth-order valence-electron chi connectivity index (χ4n) is 3.05. The van der Waals surface area contributed by atoms with Crippen molar-refractivity contribution in [3.05, 3.63) is 109 Å². The van der Waals surface area contributed by atoms with E-state index in [0.717, 1.165) is 9.52 Å². The fraction of sp³-hybridized carbons (Fsp3) is 0. The van der Waals surface area contributed by atoms with Crippen LogP contribution in [0.2, 0.25) is 0 Å². The minimum absolute atomic E-state index is 0.777. The first-order valence-electron chi connectivity index (χ1n) is 8.48. The Morgan fingerprint density at radius 1 is 0.320 bits per heavy atom. The van der Waals surface area contributed by atoms with Gasteiger partial charge in [0.1, 0.15) is 9.52 Å². The van der Waals surface area contributed by atoms with E-state index in [2.05, 4.69) is 109 Å². The Labute approximate surface area is 151 Å². The van der Waals surface area contributed by atoms with E-state index in [1.165, 1.54) is 32.6 Å².